The van der Waals surface area contributed by atoms with Gasteiger partial charge in [0, 0.05) is 13.1 Å². The molecule has 0 aliphatic heterocycles. The minimum Gasteiger partial charge on any atom is -0.299 e. The van der Waals surface area contributed by atoms with Gasteiger partial charge in [0.1, 0.15) is 0 Å². The summed E-state index contributed by atoms with van der Waals surface area (Å²) in [5.74, 6) is 0. The molecule has 0 atom stereocenters. The highest BCUT2D eigenvalue weighted by atomic mass is 15.1. The molecule has 48 heavy (non-hydrogen) atoms. The van der Waals surface area contributed by atoms with Crippen LogP contribution in [0.15, 0.2) is 48.5 Å². The molecular formula is C46H80N2. The normalized spacial score (nSPS) is 11.7. The summed E-state index contributed by atoms with van der Waals surface area (Å²) in [5.41, 5.74) is 5.95. The van der Waals surface area contributed by atoms with Crippen LogP contribution in [0.5, 0.6) is 0 Å². The van der Waals surface area contributed by atoms with Gasteiger partial charge in [-0.1, -0.05) is 205 Å². The number of benzene rings is 2. The monoisotopic (exact) mass is 661 g/mol. The SMILES string of the molecule is CCCCCCCCN(CCCCCCCC)Cc1ccccc1-c1ccccc1CN(CCCCCCCC)CCCCCCCC. The molecule has 0 fully saturated rings. The van der Waals surface area contributed by atoms with Crippen molar-refractivity contribution >= 4 is 0 Å². The summed E-state index contributed by atoms with van der Waals surface area (Å²) in [7, 11) is 0. The van der Waals surface area contributed by atoms with Crippen molar-refractivity contribution in [2.24, 2.45) is 0 Å². The van der Waals surface area contributed by atoms with Crippen LogP contribution >= 0.6 is 0 Å². The van der Waals surface area contributed by atoms with Crippen LogP contribution in [0.2, 0.25) is 0 Å². The smallest absolute Gasteiger partial charge is 0.0239 e. The first-order valence-corrected chi connectivity index (χ1v) is 21.3. The molecule has 2 aromatic carbocycles. The first kappa shape index (κ1) is 42.5. The van der Waals surface area contributed by atoms with Crippen LogP contribution in [-0.2, 0) is 13.1 Å². The van der Waals surface area contributed by atoms with E-state index < -0.39 is 0 Å². The summed E-state index contributed by atoms with van der Waals surface area (Å²) in [6.45, 7) is 16.4. The fourth-order valence-corrected chi connectivity index (χ4v) is 7.33. The third-order valence-electron chi connectivity index (χ3n) is 10.4. The maximum Gasteiger partial charge on any atom is 0.0239 e. The van der Waals surface area contributed by atoms with Gasteiger partial charge >= 0.3 is 0 Å². The molecule has 0 bridgehead atoms. The maximum absolute atomic E-state index is 2.80. The molecule has 0 N–H and O–H groups in total. The van der Waals surface area contributed by atoms with Crippen molar-refractivity contribution < 1.29 is 0 Å². The molecule has 0 saturated heterocycles. The molecule has 0 radical (unpaired) electrons. The molecule has 0 amide bonds. The predicted octanol–water partition coefficient (Wildman–Crippen LogP) is 14.4. The molecule has 0 aliphatic carbocycles. The fourth-order valence-electron chi connectivity index (χ4n) is 7.33. The molecule has 0 spiro atoms. The van der Waals surface area contributed by atoms with Crippen LogP contribution in [0.4, 0.5) is 0 Å². The lowest BCUT2D eigenvalue weighted by molar-refractivity contribution is 0.251. The van der Waals surface area contributed by atoms with E-state index in [2.05, 4.69) is 86.0 Å². The van der Waals surface area contributed by atoms with Gasteiger partial charge in [-0.3, -0.25) is 9.80 Å². The van der Waals surface area contributed by atoms with Gasteiger partial charge in [-0.25, -0.2) is 0 Å². The van der Waals surface area contributed by atoms with Crippen molar-refractivity contribution in [1.29, 1.82) is 0 Å². The van der Waals surface area contributed by atoms with Crippen molar-refractivity contribution in [3.63, 3.8) is 0 Å². The molecule has 0 aromatic heterocycles. The zero-order chi connectivity index (χ0) is 34.3. The molecule has 0 aliphatic rings. The Balaban J connectivity index is 2.14. The van der Waals surface area contributed by atoms with Crippen molar-refractivity contribution in [2.45, 2.75) is 195 Å². The minimum atomic E-state index is 1.08. The summed E-state index contributed by atoms with van der Waals surface area (Å²) in [4.78, 5) is 5.59. The first-order valence-electron chi connectivity index (χ1n) is 21.3. The number of hydrogen-bond acceptors (Lipinski definition) is 2. The Morgan fingerprint density at radius 3 is 0.854 bits per heavy atom. The second-order valence-corrected chi connectivity index (χ2v) is 14.9. The van der Waals surface area contributed by atoms with Crippen molar-refractivity contribution in [3.8, 4) is 11.1 Å². The predicted molar refractivity (Wildman–Crippen MR) is 216 cm³/mol. The number of unbranched alkanes of at least 4 members (excludes halogenated alkanes) is 20. The summed E-state index contributed by atoms with van der Waals surface area (Å²) in [6, 6.07) is 18.8. The summed E-state index contributed by atoms with van der Waals surface area (Å²) in [5, 5.41) is 0. The molecule has 2 heteroatoms. The van der Waals surface area contributed by atoms with Crippen LogP contribution in [0.1, 0.15) is 193 Å². The summed E-state index contributed by atoms with van der Waals surface area (Å²) in [6.07, 6.45) is 33.0. The van der Waals surface area contributed by atoms with Gasteiger partial charge < -0.3 is 0 Å². The second-order valence-electron chi connectivity index (χ2n) is 14.9. The molecule has 0 unspecified atom stereocenters. The molecule has 274 valence electrons. The molecular weight excluding hydrogens is 581 g/mol. The minimum absolute atomic E-state index is 1.08. The van der Waals surface area contributed by atoms with Gasteiger partial charge in [0.05, 0.1) is 0 Å². The average molecular weight is 661 g/mol. The zero-order valence-electron chi connectivity index (χ0n) is 32.7. The molecule has 2 rings (SSSR count). The van der Waals surface area contributed by atoms with Gasteiger partial charge in [-0.05, 0) is 74.1 Å². The summed E-state index contributed by atoms with van der Waals surface area (Å²) < 4.78 is 0. The van der Waals surface area contributed by atoms with E-state index in [0.29, 0.717) is 0 Å². The van der Waals surface area contributed by atoms with Crippen LogP contribution in [0.25, 0.3) is 11.1 Å². The molecule has 2 aromatic rings. The lowest BCUT2D eigenvalue weighted by atomic mass is 9.94. The van der Waals surface area contributed by atoms with E-state index in [4.69, 9.17) is 0 Å². The Kier molecular flexibility index (Phi) is 26.8. The number of hydrogen-bond donors (Lipinski definition) is 0. The van der Waals surface area contributed by atoms with Crippen LogP contribution < -0.4 is 0 Å². The Morgan fingerprint density at radius 1 is 0.312 bits per heavy atom. The van der Waals surface area contributed by atoms with Crippen LogP contribution in [-0.4, -0.2) is 36.0 Å². The molecule has 0 heterocycles. The topological polar surface area (TPSA) is 6.48 Å². The third-order valence-corrected chi connectivity index (χ3v) is 10.4. The highest BCUT2D eigenvalue weighted by molar-refractivity contribution is 5.70. The van der Waals surface area contributed by atoms with Gasteiger partial charge in [-0.2, -0.15) is 0 Å². The second kappa shape index (κ2) is 30.2. The Labute approximate surface area is 300 Å². The standard InChI is InChI=1S/C46H80N2/c1-5-9-13-17-21-29-37-47(38-30-22-18-14-10-6-2)41-43-33-25-27-35-45(43)46-36-28-26-34-44(46)42-48(39-31-23-19-15-11-7-3)40-32-24-20-16-12-8-4/h25-28,33-36H,5-24,29-32,37-42H2,1-4H3. The maximum atomic E-state index is 2.80. The first-order chi connectivity index (χ1) is 23.7. The molecule has 2 nitrogen and oxygen atoms in total. The Morgan fingerprint density at radius 2 is 0.562 bits per heavy atom. The van der Waals surface area contributed by atoms with Gasteiger partial charge in [-0.15, -0.1) is 0 Å². The van der Waals surface area contributed by atoms with E-state index in [9.17, 15) is 0 Å². The van der Waals surface area contributed by atoms with E-state index in [1.165, 1.54) is 203 Å². The van der Waals surface area contributed by atoms with Crippen LogP contribution in [0, 0.1) is 0 Å². The fraction of sp³-hybridized carbons (Fsp3) is 0.739. The van der Waals surface area contributed by atoms with E-state index >= 15 is 0 Å². The van der Waals surface area contributed by atoms with Gasteiger partial charge in [0.25, 0.3) is 0 Å². The molecule has 0 saturated carbocycles. The quantitative estimate of drug-likeness (QED) is 0.0703. The third kappa shape index (κ3) is 20.1. The summed E-state index contributed by atoms with van der Waals surface area (Å²) >= 11 is 0. The lowest BCUT2D eigenvalue weighted by Gasteiger charge is -2.26. The number of nitrogens with zero attached hydrogens (tertiary/aromatic N) is 2. The van der Waals surface area contributed by atoms with Gasteiger partial charge in [0.15, 0.2) is 0 Å². The van der Waals surface area contributed by atoms with E-state index in [1.807, 2.05) is 0 Å². The Bertz CT molecular complexity index is 872. The van der Waals surface area contributed by atoms with E-state index in [-0.39, 0.29) is 0 Å². The van der Waals surface area contributed by atoms with E-state index in [1.54, 1.807) is 0 Å². The van der Waals surface area contributed by atoms with Gasteiger partial charge in [0.2, 0.25) is 0 Å². The lowest BCUT2D eigenvalue weighted by Crippen LogP contribution is -2.27. The average Bonchev–Trinajstić information content (AvgIpc) is 3.11. The van der Waals surface area contributed by atoms with Crippen LogP contribution in [0.3, 0.4) is 0 Å². The zero-order valence-corrected chi connectivity index (χ0v) is 32.7. The van der Waals surface area contributed by atoms with Crippen molar-refractivity contribution in [1.82, 2.24) is 9.80 Å². The highest BCUT2D eigenvalue weighted by Crippen LogP contribution is 2.30. The van der Waals surface area contributed by atoms with E-state index in [0.717, 1.165) is 13.1 Å². The number of rotatable bonds is 33. The van der Waals surface area contributed by atoms with Crippen molar-refractivity contribution in [2.75, 3.05) is 26.2 Å². The van der Waals surface area contributed by atoms with Crippen molar-refractivity contribution in [3.05, 3.63) is 59.7 Å². The largest absolute Gasteiger partial charge is 0.299 e. The Hall–Kier alpha value is -1.64. The highest BCUT2D eigenvalue weighted by Gasteiger charge is 2.15.